The molecule has 0 atom stereocenters. The van der Waals surface area contributed by atoms with Crippen LogP contribution in [0.15, 0.2) is 36.7 Å². The van der Waals surface area contributed by atoms with Gasteiger partial charge in [0.25, 0.3) is 11.8 Å². The number of halogens is 1. The lowest BCUT2D eigenvalue weighted by Crippen LogP contribution is -2.38. The fourth-order valence-corrected chi connectivity index (χ4v) is 3.28. The summed E-state index contributed by atoms with van der Waals surface area (Å²) in [5, 5.41) is 3.16. The third-order valence-electron chi connectivity index (χ3n) is 4.73. The zero-order valence-corrected chi connectivity index (χ0v) is 16.1. The summed E-state index contributed by atoms with van der Waals surface area (Å²) in [4.78, 5) is 31.1. The van der Waals surface area contributed by atoms with Crippen LogP contribution in [-0.2, 0) is 0 Å². The van der Waals surface area contributed by atoms with Gasteiger partial charge in [0.05, 0.1) is 23.3 Å². The van der Waals surface area contributed by atoms with E-state index in [1.54, 1.807) is 24.3 Å². The van der Waals surface area contributed by atoms with Gasteiger partial charge in [-0.1, -0.05) is 18.5 Å². The largest absolute Gasteiger partial charge is 0.495 e. The minimum Gasteiger partial charge on any atom is -0.495 e. The number of carbonyl (C=O) groups excluding carboxylic acids is 2. The van der Waals surface area contributed by atoms with Crippen molar-refractivity contribution in [3.8, 4) is 5.75 Å². The van der Waals surface area contributed by atoms with Gasteiger partial charge < -0.3 is 15.0 Å². The van der Waals surface area contributed by atoms with Gasteiger partial charge in [-0.25, -0.2) is 0 Å². The van der Waals surface area contributed by atoms with E-state index in [9.17, 15) is 9.59 Å². The number of rotatable bonds is 4. The molecular formula is C20H22ClN3O3. The van der Waals surface area contributed by atoms with Crippen LogP contribution >= 0.6 is 11.6 Å². The molecule has 1 aliphatic heterocycles. The Morgan fingerprint density at radius 1 is 1.19 bits per heavy atom. The van der Waals surface area contributed by atoms with Gasteiger partial charge in [0, 0.05) is 31.2 Å². The molecular weight excluding hydrogens is 366 g/mol. The molecule has 2 heterocycles. The van der Waals surface area contributed by atoms with Crippen LogP contribution in [0.4, 0.5) is 5.69 Å². The number of likely N-dealkylation sites (tertiary alicyclic amines) is 1. The smallest absolute Gasteiger partial charge is 0.257 e. The predicted molar refractivity (Wildman–Crippen MR) is 104 cm³/mol. The first-order valence-electron chi connectivity index (χ1n) is 8.87. The summed E-state index contributed by atoms with van der Waals surface area (Å²) in [5.74, 6) is 0.725. The summed E-state index contributed by atoms with van der Waals surface area (Å²) in [5.41, 5.74) is 1.27. The molecule has 2 amide bonds. The van der Waals surface area contributed by atoms with Crippen molar-refractivity contribution in [2.45, 2.75) is 19.8 Å². The minimum atomic E-state index is -0.356. The maximum Gasteiger partial charge on any atom is 0.257 e. The van der Waals surface area contributed by atoms with Crippen molar-refractivity contribution < 1.29 is 14.3 Å². The number of nitrogens with zero attached hydrogens (tertiary/aromatic N) is 2. The lowest BCUT2D eigenvalue weighted by Gasteiger charge is -2.30. The van der Waals surface area contributed by atoms with Crippen molar-refractivity contribution >= 4 is 29.1 Å². The van der Waals surface area contributed by atoms with Crippen molar-refractivity contribution in [3.05, 3.63) is 52.8 Å². The summed E-state index contributed by atoms with van der Waals surface area (Å²) < 4.78 is 5.10. The van der Waals surface area contributed by atoms with Gasteiger partial charge >= 0.3 is 0 Å². The maximum atomic E-state index is 12.7. The molecule has 0 saturated carbocycles. The Hall–Kier alpha value is -2.60. The van der Waals surface area contributed by atoms with Crippen LogP contribution in [-0.4, -0.2) is 41.9 Å². The first kappa shape index (κ1) is 19.2. The van der Waals surface area contributed by atoms with E-state index in [1.165, 1.54) is 19.5 Å². The molecule has 0 bridgehead atoms. The third kappa shape index (κ3) is 4.57. The Labute approximate surface area is 163 Å². The normalized spacial score (nSPS) is 14.7. The molecule has 1 aromatic heterocycles. The highest BCUT2D eigenvalue weighted by Crippen LogP contribution is 2.27. The molecule has 7 heteroatoms. The van der Waals surface area contributed by atoms with Crippen LogP contribution in [0.5, 0.6) is 5.75 Å². The van der Waals surface area contributed by atoms with Crippen molar-refractivity contribution in [2.75, 3.05) is 25.5 Å². The quantitative estimate of drug-likeness (QED) is 0.864. The van der Waals surface area contributed by atoms with E-state index in [1.807, 2.05) is 4.90 Å². The van der Waals surface area contributed by atoms with Gasteiger partial charge in [-0.2, -0.15) is 0 Å². The molecule has 1 saturated heterocycles. The number of hydrogen-bond donors (Lipinski definition) is 1. The second-order valence-corrected chi connectivity index (χ2v) is 7.15. The SMILES string of the molecule is COc1ccc(NC(=O)c2cncc(C(=O)N3CCC(C)CC3)c2)cc1Cl. The number of anilines is 1. The highest BCUT2D eigenvalue weighted by Gasteiger charge is 2.22. The van der Waals surface area contributed by atoms with Crippen molar-refractivity contribution in [2.24, 2.45) is 5.92 Å². The van der Waals surface area contributed by atoms with Crippen LogP contribution in [0, 0.1) is 5.92 Å². The highest BCUT2D eigenvalue weighted by molar-refractivity contribution is 6.32. The fourth-order valence-electron chi connectivity index (χ4n) is 3.02. The zero-order chi connectivity index (χ0) is 19.4. The number of aromatic nitrogens is 1. The molecule has 1 fully saturated rings. The standard InChI is InChI=1S/C20H22ClN3O3/c1-13-5-7-24(8-6-13)20(26)15-9-14(11-22-12-15)19(25)23-16-3-4-18(27-2)17(21)10-16/h3-4,9-13H,5-8H2,1-2H3,(H,23,25). The molecule has 27 heavy (non-hydrogen) atoms. The average molecular weight is 388 g/mol. The Morgan fingerprint density at radius 2 is 1.89 bits per heavy atom. The van der Waals surface area contributed by atoms with Crippen molar-refractivity contribution in [1.82, 2.24) is 9.88 Å². The molecule has 0 unspecified atom stereocenters. The summed E-state index contributed by atoms with van der Waals surface area (Å²) in [6.45, 7) is 3.67. The van der Waals surface area contributed by atoms with Crippen LogP contribution < -0.4 is 10.1 Å². The maximum absolute atomic E-state index is 12.7. The number of carbonyl (C=O) groups is 2. The summed E-state index contributed by atoms with van der Waals surface area (Å²) >= 11 is 6.08. The highest BCUT2D eigenvalue weighted by atomic mass is 35.5. The van der Waals surface area contributed by atoms with E-state index in [-0.39, 0.29) is 11.8 Å². The molecule has 3 rings (SSSR count). The Morgan fingerprint density at radius 3 is 2.56 bits per heavy atom. The predicted octanol–water partition coefficient (Wildman–Crippen LogP) is 3.87. The lowest BCUT2D eigenvalue weighted by molar-refractivity contribution is 0.0697. The monoisotopic (exact) mass is 387 g/mol. The summed E-state index contributed by atoms with van der Waals surface area (Å²) in [7, 11) is 1.52. The Bertz CT molecular complexity index is 848. The number of nitrogens with one attached hydrogen (secondary N) is 1. The van der Waals surface area contributed by atoms with E-state index >= 15 is 0 Å². The molecule has 1 N–H and O–H groups in total. The molecule has 0 aliphatic carbocycles. The Balaban J connectivity index is 1.72. The van der Waals surface area contributed by atoms with Gasteiger partial charge in [0.15, 0.2) is 0 Å². The second kappa shape index (κ2) is 8.39. The number of ether oxygens (including phenoxy) is 1. The van der Waals surface area contributed by atoms with Crippen molar-refractivity contribution in [1.29, 1.82) is 0 Å². The molecule has 2 aromatic rings. The van der Waals surface area contributed by atoms with E-state index < -0.39 is 0 Å². The topological polar surface area (TPSA) is 71.5 Å². The van der Waals surface area contributed by atoms with Crippen molar-refractivity contribution in [3.63, 3.8) is 0 Å². The van der Waals surface area contributed by atoms with Gasteiger partial charge in [0.2, 0.25) is 0 Å². The first-order chi connectivity index (χ1) is 13.0. The number of methoxy groups -OCH3 is 1. The van der Waals surface area contributed by atoms with Crippen LogP contribution in [0.25, 0.3) is 0 Å². The fraction of sp³-hybridized carbons (Fsp3) is 0.350. The van der Waals surface area contributed by atoms with E-state index in [0.29, 0.717) is 33.5 Å². The molecule has 142 valence electrons. The zero-order valence-electron chi connectivity index (χ0n) is 15.4. The summed E-state index contributed by atoms with van der Waals surface area (Å²) in [6.07, 6.45) is 4.94. The third-order valence-corrected chi connectivity index (χ3v) is 5.02. The van der Waals surface area contributed by atoms with Crippen LogP contribution in [0.1, 0.15) is 40.5 Å². The first-order valence-corrected chi connectivity index (χ1v) is 9.25. The summed E-state index contributed by atoms with van der Waals surface area (Å²) in [6, 6.07) is 6.55. The molecule has 0 radical (unpaired) electrons. The van der Waals surface area contributed by atoms with Crippen LogP contribution in [0.2, 0.25) is 5.02 Å². The van der Waals surface area contributed by atoms with E-state index in [4.69, 9.17) is 16.3 Å². The second-order valence-electron chi connectivity index (χ2n) is 6.74. The molecule has 6 nitrogen and oxygen atoms in total. The average Bonchev–Trinajstić information content (AvgIpc) is 2.68. The number of piperidine rings is 1. The number of pyridine rings is 1. The molecule has 1 aliphatic rings. The number of amides is 2. The lowest BCUT2D eigenvalue weighted by atomic mass is 9.98. The molecule has 1 aromatic carbocycles. The van der Waals surface area contributed by atoms with Gasteiger partial charge in [-0.15, -0.1) is 0 Å². The van der Waals surface area contributed by atoms with Gasteiger partial charge in [-0.05, 0) is 43.0 Å². The van der Waals surface area contributed by atoms with Gasteiger partial charge in [-0.3, -0.25) is 14.6 Å². The van der Waals surface area contributed by atoms with Gasteiger partial charge in [0.1, 0.15) is 5.75 Å². The van der Waals surface area contributed by atoms with E-state index in [0.717, 1.165) is 25.9 Å². The minimum absolute atomic E-state index is 0.0865. The number of benzene rings is 1. The number of hydrogen-bond acceptors (Lipinski definition) is 4. The van der Waals surface area contributed by atoms with Crippen LogP contribution in [0.3, 0.4) is 0 Å². The van der Waals surface area contributed by atoms with E-state index in [2.05, 4.69) is 17.2 Å². The Kier molecular flexibility index (Phi) is 5.96. The molecule has 0 spiro atoms.